The lowest BCUT2D eigenvalue weighted by Crippen LogP contribution is -2.49. The lowest BCUT2D eigenvalue weighted by atomic mass is 9.96. The van der Waals surface area contributed by atoms with Gasteiger partial charge in [0.05, 0.1) is 19.3 Å². The van der Waals surface area contributed by atoms with E-state index >= 15 is 0 Å². The molecule has 3 atom stereocenters. The number of hydrogen-bond acceptors (Lipinski definition) is 5. The van der Waals surface area contributed by atoms with Crippen LogP contribution >= 0.6 is 0 Å². The molecular weight excluding hydrogens is 298 g/mol. The molecule has 7 heteroatoms. The molecule has 2 heterocycles. The average molecular weight is 325 g/mol. The van der Waals surface area contributed by atoms with Gasteiger partial charge < -0.3 is 24.5 Å². The highest BCUT2D eigenvalue weighted by Crippen LogP contribution is 2.17. The van der Waals surface area contributed by atoms with Gasteiger partial charge in [0.15, 0.2) is 0 Å². The van der Waals surface area contributed by atoms with Crippen molar-refractivity contribution < 1.29 is 19.4 Å². The molecule has 1 aromatic heterocycles. The molecule has 1 aromatic rings. The molecule has 130 valence electrons. The number of imidazole rings is 1. The molecule has 0 aliphatic carbocycles. The standard InChI is InChI=1S/C16H27N3O4/c1-11(2)16-17-5-7-19(16)6-4-14(20)18-8-12-9-23-10-13(22-3)15(12)21/h5,7,11-13,15,21H,4,6,8-10H2,1-3H3,(H,18,20)/t12-,13-,15+/m1/s1. The summed E-state index contributed by atoms with van der Waals surface area (Å²) in [7, 11) is 1.55. The maximum Gasteiger partial charge on any atom is 0.221 e. The second kappa shape index (κ2) is 8.42. The van der Waals surface area contributed by atoms with Crippen LogP contribution in [0.3, 0.4) is 0 Å². The number of ether oxygens (including phenoxy) is 2. The number of carbonyl (C=O) groups excluding carboxylic acids is 1. The fourth-order valence-electron chi connectivity index (χ4n) is 2.79. The Hall–Kier alpha value is -1.44. The minimum Gasteiger partial charge on any atom is -0.390 e. The number of amides is 1. The number of methoxy groups -OCH3 is 1. The highest BCUT2D eigenvalue weighted by Gasteiger charge is 2.32. The van der Waals surface area contributed by atoms with Crippen LogP contribution in [0, 0.1) is 5.92 Å². The van der Waals surface area contributed by atoms with Gasteiger partial charge in [-0.2, -0.15) is 0 Å². The van der Waals surface area contributed by atoms with Gasteiger partial charge in [0.25, 0.3) is 0 Å². The van der Waals surface area contributed by atoms with Crippen LogP contribution in [0.2, 0.25) is 0 Å². The maximum absolute atomic E-state index is 12.0. The summed E-state index contributed by atoms with van der Waals surface area (Å²) in [6.07, 6.45) is 3.09. The summed E-state index contributed by atoms with van der Waals surface area (Å²) in [4.78, 5) is 16.3. The van der Waals surface area contributed by atoms with Crippen LogP contribution in [0.5, 0.6) is 0 Å². The molecule has 0 spiro atoms. The topological polar surface area (TPSA) is 85.6 Å². The summed E-state index contributed by atoms with van der Waals surface area (Å²) < 4.78 is 12.6. The van der Waals surface area contributed by atoms with E-state index in [0.717, 1.165) is 5.82 Å². The van der Waals surface area contributed by atoms with E-state index in [0.29, 0.717) is 38.6 Å². The zero-order valence-corrected chi connectivity index (χ0v) is 14.1. The number of aliphatic hydroxyl groups is 1. The van der Waals surface area contributed by atoms with Gasteiger partial charge in [-0.25, -0.2) is 4.98 Å². The van der Waals surface area contributed by atoms with E-state index in [2.05, 4.69) is 24.1 Å². The summed E-state index contributed by atoms with van der Waals surface area (Å²) in [5.41, 5.74) is 0. The van der Waals surface area contributed by atoms with Gasteiger partial charge in [-0.15, -0.1) is 0 Å². The molecule has 0 bridgehead atoms. The Morgan fingerprint density at radius 2 is 2.35 bits per heavy atom. The Morgan fingerprint density at radius 3 is 3.04 bits per heavy atom. The first-order chi connectivity index (χ1) is 11.0. The number of aromatic nitrogens is 2. The Morgan fingerprint density at radius 1 is 1.57 bits per heavy atom. The number of aliphatic hydroxyl groups excluding tert-OH is 1. The van der Waals surface area contributed by atoms with E-state index in [-0.39, 0.29) is 17.9 Å². The summed E-state index contributed by atoms with van der Waals surface area (Å²) >= 11 is 0. The Kier molecular flexibility index (Phi) is 6.56. The molecule has 23 heavy (non-hydrogen) atoms. The minimum absolute atomic E-state index is 0.0415. The molecule has 1 saturated heterocycles. The van der Waals surface area contributed by atoms with Gasteiger partial charge in [0.1, 0.15) is 11.9 Å². The number of nitrogens with zero attached hydrogens (tertiary/aromatic N) is 2. The van der Waals surface area contributed by atoms with Gasteiger partial charge in [0.2, 0.25) is 5.91 Å². The fourth-order valence-corrected chi connectivity index (χ4v) is 2.79. The van der Waals surface area contributed by atoms with Crippen molar-refractivity contribution in [3.63, 3.8) is 0 Å². The summed E-state index contributed by atoms with van der Waals surface area (Å²) in [6, 6.07) is 0. The average Bonchev–Trinajstić information content (AvgIpc) is 3.00. The van der Waals surface area contributed by atoms with Crippen molar-refractivity contribution in [3.8, 4) is 0 Å². The van der Waals surface area contributed by atoms with Crippen LogP contribution in [0.25, 0.3) is 0 Å². The second-order valence-corrected chi connectivity index (χ2v) is 6.25. The Bertz CT molecular complexity index is 503. The molecule has 1 aliphatic heterocycles. The van der Waals surface area contributed by atoms with E-state index < -0.39 is 6.10 Å². The number of rotatable bonds is 7. The van der Waals surface area contributed by atoms with Crippen molar-refractivity contribution in [1.82, 2.24) is 14.9 Å². The Labute approximate surface area is 137 Å². The molecule has 2 rings (SSSR count). The molecule has 1 amide bonds. The van der Waals surface area contributed by atoms with Crippen molar-refractivity contribution in [1.29, 1.82) is 0 Å². The van der Waals surface area contributed by atoms with Crippen LogP contribution < -0.4 is 5.32 Å². The first kappa shape index (κ1) is 17.9. The molecule has 0 unspecified atom stereocenters. The summed E-state index contributed by atoms with van der Waals surface area (Å²) in [5, 5.41) is 13.0. The van der Waals surface area contributed by atoms with Crippen molar-refractivity contribution in [2.45, 2.75) is 44.9 Å². The molecule has 1 aliphatic rings. The zero-order chi connectivity index (χ0) is 16.8. The monoisotopic (exact) mass is 325 g/mol. The van der Waals surface area contributed by atoms with Gasteiger partial charge in [-0.1, -0.05) is 13.8 Å². The van der Waals surface area contributed by atoms with Crippen molar-refractivity contribution in [3.05, 3.63) is 18.2 Å². The number of aryl methyl sites for hydroxylation is 1. The smallest absolute Gasteiger partial charge is 0.221 e. The number of carbonyl (C=O) groups is 1. The molecular formula is C16H27N3O4. The van der Waals surface area contributed by atoms with Crippen molar-refractivity contribution in [2.75, 3.05) is 26.9 Å². The van der Waals surface area contributed by atoms with E-state index in [4.69, 9.17) is 9.47 Å². The zero-order valence-electron chi connectivity index (χ0n) is 14.1. The van der Waals surface area contributed by atoms with Gasteiger partial charge in [-0.3, -0.25) is 4.79 Å². The fraction of sp³-hybridized carbons (Fsp3) is 0.750. The third-order valence-corrected chi connectivity index (χ3v) is 4.19. The van der Waals surface area contributed by atoms with E-state index in [1.165, 1.54) is 0 Å². The molecule has 2 N–H and O–H groups in total. The Balaban J connectivity index is 1.76. The molecule has 7 nitrogen and oxygen atoms in total. The van der Waals surface area contributed by atoms with Crippen LogP contribution in [-0.2, 0) is 20.8 Å². The van der Waals surface area contributed by atoms with Gasteiger partial charge in [-0.05, 0) is 0 Å². The highest BCUT2D eigenvalue weighted by atomic mass is 16.5. The maximum atomic E-state index is 12.0. The quantitative estimate of drug-likeness (QED) is 0.764. The first-order valence-electron chi connectivity index (χ1n) is 8.09. The predicted molar refractivity (Wildman–Crippen MR) is 85.1 cm³/mol. The van der Waals surface area contributed by atoms with Crippen molar-refractivity contribution in [2.24, 2.45) is 5.92 Å². The molecule has 0 saturated carbocycles. The van der Waals surface area contributed by atoms with Gasteiger partial charge in [0, 0.05) is 50.8 Å². The highest BCUT2D eigenvalue weighted by molar-refractivity contribution is 5.75. The van der Waals surface area contributed by atoms with E-state index in [9.17, 15) is 9.90 Å². The lowest BCUT2D eigenvalue weighted by molar-refractivity contribution is -0.136. The molecule has 0 aromatic carbocycles. The number of hydrogen-bond donors (Lipinski definition) is 2. The van der Waals surface area contributed by atoms with Crippen LogP contribution in [0.4, 0.5) is 0 Å². The first-order valence-corrected chi connectivity index (χ1v) is 8.09. The largest absolute Gasteiger partial charge is 0.390 e. The SMILES string of the molecule is CO[C@@H]1COC[C@@H](CNC(=O)CCn2ccnc2C(C)C)[C@@H]1O. The second-order valence-electron chi connectivity index (χ2n) is 6.25. The molecule has 1 fully saturated rings. The van der Waals surface area contributed by atoms with E-state index in [1.54, 1.807) is 13.3 Å². The van der Waals surface area contributed by atoms with Crippen LogP contribution in [-0.4, -0.2) is 59.6 Å². The van der Waals surface area contributed by atoms with E-state index in [1.807, 2.05) is 10.8 Å². The van der Waals surface area contributed by atoms with Crippen LogP contribution in [0.15, 0.2) is 12.4 Å². The third kappa shape index (κ3) is 4.76. The number of nitrogens with one attached hydrogen (secondary N) is 1. The van der Waals surface area contributed by atoms with Crippen LogP contribution in [0.1, 0.15) is 32.0 Å². The van der Waals surface area contributed by atoms with Crippen molar-refractivity contribution >= 4 is 5.91 Å². The normalized spacial score (nSPS) is 24.8. The van der Waals surface area contributed by atoms with Gasteiger partial charge >= 0.3 is 0 Å². The minimum atomic E-state index is -0.616. The lowest BCUT2D eigenvalue weighted by Gasteiger charge is -2.33. The molecule has 0 radical (unpaired) electrons. The predicted octanol–water partition coefficient (Wildman–Crippen LogP) is 0.535. The third-order valence-electron chi connectivity index (χ3n) is 4.19. The summed E-state index contributed by atoms with van der Waals surface area (Å²) in [5.74, 6) is 1.13. The summed E-state index contributed by atoms with van der Waals surface area (Å²) in [6.45, 7) is 5.97.